The lowest BCUT2D eigenvalue weighted by Crippen LogP contribution is -2.29. The summed E-state index contributed by atoms with van der Waals surface area (Å²) in [6.45, 7) is 2.69. The van der Waals surface area contributed by atoms with Crippen LogP contribution in [-0.2, 0) is 6.42 Å². The second-order valence-electron chi connectivity index (χ2n) is 4.75. The first-order chi connectivity index (χ1) is 9.69. The molecule has 1 amide bonds. The van der Waals surface area contributed by atoms with Gasteiger partial charge in [0, 0.05) is 12.6 Å². The molecule has 1 atom stereocenters. The summed E-state index contributed by atoms with van der Waals surface area (Å²) in [7, 11) is 1.65. The van der Waals surface area contributed by atoms with Crippen molar-refractivity contribution < 1.29 is 14.1 Å². The molecule has 0 unspecified atom stereocenters. The summed E-state index contributed by atoms with van der Waals surface area (Å²) in [6.07, 6.45) is 2.28. The molecule has 1 aromatic carbocycles. The van der Waals surface area contributed by atoms with Gasteiger partial charge in [0.1, 0.15) is 12.0 Å². The Labute approximate surface area is 117 Å². The van der Waals surface area contributed by atoms with Crippen LogP contribution < -0.4 is 10.1 Å². The third-order valence-corrected chi connectivity index (χ3v) is 3.02. The van der Waals surface area contributed by atoms with Gasteiger partial charge in [-0.2, -0.15) is 0 Å². The molecule has 0 aliphatic rings. The van der Waals surface area contributed by atoms with Crippen molar-refractivity contribution in [2.24, 2.45) is 5.92 Å². The maximum Gasteiger partial charge on any atom is 0.273 e. The van der Waals surface area contributed by atoms with Gasteiger partial charge in [0.25, 0.3) is 5.91 Å². The molecule has 2 rings (SSSR count). The second kappa shape index (κ2) is 6.75. The van der Waals surface area contributed by atoms with Gasteiger partial charge in [-0.05, 0) is 30.0 Å². The lowest BCUT2D eigenvalue weighted by atomic mass is 10.0. The molecule has 0 aliphatic heterocycles. The van der Waals surface area contributed by atoms with Crippen LogP contribution in [0.5, 0.6) is 5.75 Å². The maximum absolute atomic E-state index is 11.7. The summed E-state index contributed by atoms with van der Waals surface area (Å²) in [4.78, 5) is 11.7. The highest BCUT2D eigenvalue weighted by Gasteiger charge is 2.10. The Morgan fingerprint density at radius 2 is 2.10 bits per heavy atom. The molecule has 5 heteroatoms. The average molecular weight is 274 g/mol. The summed E-state index contributed by atoms with van der Waals surface area (Å²) < 4.78 is 9.76. The Balaban J connectivity index is 1.80. The van der Waals surface area contributed by atoms with Crippen molar-refractivity contribution in [1.29, 1.82) is 0 Å². The predicted octanol–water partition coefficient (Wildman–Crippen LogP) is 2.29. The van der Waals surface area contributed by atoms with Crippen LogP contribution in [0.2, 0.25) is 0 Å². The minimum Gasteiger partial charge on any atom is -0.497 e. The highest BCUT2D eigenvalue weighted by atomic mass is 16.5. The molecule has 1 N–H and O–H groups in total. The smallest absolute Gasteiger partial charge is 0.273 e. The zero-order chi connectivity index (χ0) is 14.4. The molecule has 2 aromatic rings. The first kappa shape index (κ1) is 14.1. The Bertz CT molecular complexity index is 535. The van der Waals surface area contributed by atoms with Crippen LogP contribution >= 0.6 is 0 Å². The Morgan fingerprint density at radius 3 is 2.70 bits per heavy atom. The van der Waals surface area contributed by atoms with E-state index in [0.717, 1.165) is 12.2 Å². The molecule has 0 aliphatic carbocycles. The normalized spacial score (nSPS) is 11.9. The van der Waals surface area contributed by atoms with Crippen LogP contribution in [0.4, 0.5) is 0 Å². The molecule has 0 fully saturated rings. The SMILES string of the molecule is COc1ccc(C[C@@H](C)CNC(=O)c2ccon2)cc1. The summed E-state index contributed by atoms with van der Waals surface area (Å²) in [5.74, 6) is 0.973. The third-order valence-electron chi connectivity index (χ3n) is 3.02. The molecule has 0 bridgehead atoms. The Hall–Kier alpha value is -2.30. The Morgan fingerprint density at radius 1 is 1.35 bits per heavy atom. The van der Waals surface area contributed by atoms with Gasteiger partial charge in [-0.3, -0.25) is 4.79 Å². The number of benzene rings is 1. The number of carbonyl (C=O) groups excluding carboxylic acids is 1. The van der Waals surface area contributed by atoms with Crippen molar-refractivity contribution >= 4 is 5.91 Å². The van der Waals surface area contributed by atoms with Gasteiger partial charge in [-0.15, -0.1) is 0 Å². The van der Waals surface area contributed by atoms with E-state index in [1.165, 1.54) is 11.8 Å². The number of nitrogens with one attached hydrogen (secondary N) is 1. The van der Waals surface area contributed by atoms with E-state index in [1.54, 1.807) is 13.2 Å². The molecule has 20 heavy (non-hydrogen) atoms. The lowest BCUT2D eigenvalue weighted by molar-refractivity contribution is 0.0939. The monoisotopic (exact) mass is 274 g/mol. The first-order valence-corrected chi connectivity index (χ1v) is 6.50. The van der Waals surface area contributed by atoms with Gasteiger partial charge in [0.05, 0.1) is 7.11 Å². The molecule has 0 saturated carbocycles. The van der Waals surface area contributed by atoms with E-state index in [1.807, 2.05) is 24.3 Å². The highest BCUT2D eigenvalue weighted by Crippen LogP contribution is 2.14. The zero-order valence-electron chi connectivity index (χ0n) is 11.6. The van der Waals surface area contributed by atoms with Gasteiger partial charge in [-0.25, -0.2) is 0 Å². The van der Waals surface area contributed by atoms with Gasteiger partial charge < -0.3 is 14.6 Å². The number of carbonyl (C=O) groups is 1. The minimum atomic E-state index is -0.208. The predicted molar refractivity (Wildman–Crippen MR) is 74.7 cm³/mol. The fourth-order valence-corrected chi connectivity index (χ4v) is 1.92. The van der Waals surface area contributed by atoms with E-state index in [4.69, 9.17) is 4.74 Å². The lowest BCUT2D eigenvalue weighted by Gasteiger charge is -2.12. The van der Waals surface area contributed by atoms with E-state index in [9.17, 15) is 4.79 Å². The van der Waals surface area contributed by atoms with E-state index in [2.05, 4.69) is 21.9 Å². The van der Waals surface area contributed by atoms with Crippen LogP contribution in [0.25, 0.3) is 0 Å². The number of hydrogen-bond donors (Lipinski definition) is 1. The van der Waals surface area contributed by atoms with Crippen molar-refractivity contribution in [2.75, 3.05) is 13.7 Å². The van der Waals surface area contributed by atoms with Crippen molar-refractivity contribution in [3.05, 3.63) is 47.9 Å². The standard InChI is InChI=1S/C15H18N2O3/c1-11(9-12-3-5-13(19-2)6-4-12)10-16-15(18)14-7-8-20-17-14/h3-8,11H,9-10H2,1-2H3,(H,16,18)/t11-/m1/s1. The molecule has 0 spiro atoms. The number of aromatic nitrogens is 1. The van der Waals surface area contributed by atoms with Crippen LogP contribution in [0, 0.1) is 5.92 Å². The summed E-state index contributed by atoms with van der Waals surface area (Å²) in [5.41, 5.74) is 1.52. The molecular formula is C15H18N2O3. The average Bonchev–Trinajstić information content (AvgIpc) is 3.00. The highest BCUT2D eigenvalue weighted by molar-refractivity contribution is 5.91. The summed E-state index contributed by atoms with van der Waals surface area (Å²) >= 11 is 0. The fraction of sp³-hybridized carbons (Fsp3) is 0.333. The maximum atomic E-state index is 11.7. The molecule has 1 aromatic heterocycles. The molecule has 1 heterocycles. The first-order valence-electron chi connectivity index (χ1n) is 6.50. The zero-order valence-corrected chi connectivity index (χ0v) is 11.6. The summed E-state index contributed by atoms with van der Waals surface area (Å²) in [6, 6.07) is 9.50. The van der Waals surface area contributed by atoms with Crippen molar-refractivity contribution in [3.63, 3.8) is 0 Å². The molecule has 0 radical (unpaired) electrons. The fourth-order valence-electron chi connectivity index (χ4n) is 1.92. The Kier molecular flexibility index (Phi) is 4.76. The van der Waals surface area contributed by atoms with Crippen LogP contribution in [0.3, 0.4) is 0 Å². The number of ether oxygens (including phenoxy) is 1. The topological polar surface area (TPSA) is 64.4 Å². The van der Waals surface area contributed by atoms with Crippen molar-refractivity contribution in [3.8, 4) is 5.75 Å². The summed E-state index contributed by atoms with van der Waals surface area (Å²) in [5, 5.41) is 6.44. The van der Waals surface area contributed by atoms with E-state index in [-0.39, 0.29) is 5.91 Å². The second-order valence-corrected chi connectivity index (χ2v) is 4.75. The van der Waals surface area contributed by atoms with Crippen LogP contribution in [0.1, 0.15) is 23.0 Å². The number of rotatable bonds is 6. The van der Waals surface area contributed by atoms with Gasteiger partial charge in [0.15, 0.2) is 5.69 Å². The minimum absolute atomic E-state index is 0.208. The molecule has 0 saturated heterocycles. The van der Waals surface area contributed by atoms with Crippen LogP contribution in [0.15, 0.2) is 41.1 Å². The number of amides is 1. The molecular weight excluding hydrogens is 256 g/mol. The van der Waals surface area contributed by atoms with E-state index in [0.29, 0.717) is 18.2 Å². The van der Waals surface area contributed by atoms with Gasteiger partial charge in [0.2, 0.25) is 0 Å². The molecule has 106 valence electrons. The largest absolute Gasteiger partial charge is 0.497 e. The van der Waals surface area contributed by atoms with Gasteiger partial charge in [-0.1, -0.05) is 24.2 Å². The van der Waals surface area contributed by atoms with Gasteiger partial charge >= 0.3 is 0 Å². The number of hydrogen-bond acceptors (Lipinski definition) is 4. The van der Waals surface area contributed by atoms with E-state index >= 15 is 0 Å². The van der Waals surface area contributed by atoms with E-state index < -0.39 is 0 Å². The van der Waals surface area contributed by atoms with Crippen molar-refractivity contribution in [1.82, 2.24) is 10.5 Å². The third kappa shape index (κ3) is 3.85. The number of methoxy groups -OCH3 is 1. The number of nitrogens with zero attached hydrogens (tertiary/aromatic N) is 1. The quantitative estimate of drug-likeness (QED) is 0.877. The molecule has 5 nitrogen and oxygen atoms in total. The van der Waals surface area contributed by atoms with Crippen molar-refractivity contribution in [2.45, 2.75) is 13.3 Å². The van der Waals surface area contributed by atoms with Crippen LogP contribution in [-0.4, -0.2) is 24.7 Å².